The summed E-state index contributed by atoms with van der Waals surface area (Å²) in [5.74, 6) is -0.218. The van der Waals surface area contributed by atoms with Gasteiger partial charge in [-0.05, 0) is 36.8 Å². The van der Waals surface area contributed by atoms with Crippen molar-refractivity contribution in [3.8, 4) is 0 Å². The molecule has 0 fully saturated rings. The summed E-state index contributed by atoms with van der Waals surface area (Å²) in [6, 6.07) is 14.7. The largest absolute Gasteiger partial charge is 0.359 e. The fourth-order valence-corrected chi connectivity index (χ4v) is 1.94. The van der Waals surface area contributed by atoms with Crippen molar-refractivity contribution in [2.24, 2.45) is 0 Å². The van der Waals surface area contributed by atoms with Crippen molar-refractivity contribution in [2.45, 2.75) is 13.3 Å². The number of amides is 2. The topological polar surface area (TPSA) is 58.2 Å². The van der Waals surface area contributed by atoms with Crippen LogP contribution in [0.25, 0.3) is 0 Å². The van der Waals surface area contributed by atoms with Crippen LogP contribution in [0, 0.1) is 6.92 Å². The summed E-state index contributed by atoms with van der Waals surface area (Å²) in [7, 11) is 1.60. The van der Waals surface area contributed by atoms with E-state index in [9.17, 15) is 9.59 Å². The molecule has 0 heterocycles. The third-order valence-electron chi connectivity index (χ3n) is 3.14. The third kappa shape index (κ3) is 4.18. The van der Waals surface area contributed by atoms with Crippen LogP contribution in [-0.4, -0.2) is 18.9 Å². The maximum atomic E-state index is 12.1. The number of hydrogen-bond acceptors (Lipinski definition) is 2. The number of carbonyl (C=O) groups excluding carboxylic acids is 2. The predicted octanol–water partition coefficient (Wildman–Crippen LogP) is 2.54. The number of rotatable bonds is 4. The van der Waals surface area contributed by atoms with E-state index >= 15 is 0 Å². The zero-order chi connectivity index (χ0) is 15.2. The van der Waals surface area contributed by atoms with Crippen LogP contribution >= 0.6 is 0 Å². The van der Waals surface area contributed by atoms with Crippen LogP contribution in [0.1, 0.15) is 21.5 Å². The van der Waals surface area contributed by atoms with Gasteiger partial charge >= 0.3 is 0 Å². The summed E-state index contributed by atoms with van der Waals surface area (Å²) >= 11 is 0. The van der Waals surface area contributed by atoms with Crippen LogP contribution in [0.3, 0.4) is 0 Å². The molecule has 0 aromatic heterocycles. The Labute approximate surface area is 124 Å². The summed E-state index contributed by atoms with van der Waals surface area (Å²) < 4.78 is 0. The van der Waals surface area contributed by atoms with E-state index in [1.165, 1.54) is 0 Å². The number of nitrogens with one attached hydrogen (secondary N) is 2. The molecule has 0 aliphatic heterocycles. The minimum absolute atomic E-state index is 0.0583. The van der Waals surface area contributed by atoms with Crippen molar-refractivity contribution in [1.82, 2.24) is 5.32 Å². The Morgan fingerprint density at radius 2 is 1.76 bits per heavy atom. The van der Waals surface area contributed by atoms with Gasteiger partial charge < -0.3 is 10.6 Å². The molecule has 4 heteroatoms. The highest BCUT2D eigenvalue weighted by Crippen LogP contribution is 2.13. The Bertz CT molecular complexity index is 648. The lowest BCUT2D eigenvalue weighted by Crippen LogP contribution is -2.20. The number of benzene rings is 2. The summed E-state index contributed by atoms with van der Waals surface area (Å²) in [5, 5.41) is 5.42. The average molecular weight is 282 g/mol. The fourth-order valence-electron chi connectivity index (χ4n) is 1.94. The molecule has 21 heavy (non-hydrogen) atoms. The highest BCUT2D eigenvalue weighted by Gasteiger charge is 2.07. The van der Waals surface area contributed by atoms with E-state index in [2.05, 4.69) is 10.6 Å². The average Bonchev–Trinajstić information content (AvgIpc) is 2.48. The second kappa shape index (κ2) is 6.70. The molecule has 2 N–H and O–H groups in total. The van der Waals surface area contributed by atoms with Crippen molar-refractivity contribution in [1.29, 1.82) is 0 Å². The second-order valence-corrected chi connectivity index (χ2v) is 4.87. The van der Waals surface area contributed by atoms with E-state index in [-0.39, 0.29) is 11.8 Å². The smallest absolute Gasteiger partial charge is 0.255 e. The maximum Gasteiger partial charge on any atom is 0.255 e. The number of aryl methyl sites for hydroxylation is 1. The predicted molar refractivity (Wildman–Crippen MR) is 83.3 cm³/mol. The number of likely N-dealkylation sites (N-methyl/N-ethyl adjacent to an activating group) is 1. The van der Waals surface area contributed by atoms with Gasteiger partial charge in [0.1, 0.15) is 0 Å². The van der Waals surface area contributed by atoms with E-state index in [0.717, 1.165) is 11.1 Å². The molecule has 4 nitrogen and oxygen atoms in total. The van der Waals surface area contributed by atoms with Crippen LogP contribution in [0.15, 0.2) is 48.5 Å². The van der Waals surface area contributed by atoms with Gasteiger partial charge in [-0.2, -0.15) is 0 Å². The zero-order valence-corrected chi connectivity index (χ0v) is 12.1. The third-order valence-corrected chi connectivity index (χ3v) is 3.14. The Morgan fingerprint density at radius 3 is 2.43 bits per heavy atom. The lowest BCUT2D eigenvalue weighted by Gasteiger charge is -2.07. The molecular formula is C17H18N2O2. The molecule has 0 saturated heterocycles. The van der Waals surface area contributed by atoms with E-state index < -0.39 is 0 Å². The van der Waals surface area contributed by atoms with Crippen LogP contribution in [0.2, 0.25) is 0 Å². The molecule has 0 aliphatic carbocycles. The second-order valence-electron chi connectivity index (χ2n) is 4.87. The maximum absolute atomic E-state index is 12.1. The molecule has 2 amide bonds. The fraction of sp³-hybridized carbons (Fsp3) is 0.176. The summed E-state index contributed by atoms with van der Waals surface area (Å²) in [5.41, 5.74) is 3.26. The number of carbonyl (C=O) groups is 2. The van der Waals surface area contributed by atoms with Gasteiger partial charge in [0.25, 0.3) is 5.91 Å². The molecule has 2 rings (SSSR count). The van der Waals surface area contributed by atoms with Gasteiger partial charge in [-0.1, -0.05) is 29.8 Å². The first-order valence-corrected chi connectivity index (χ1v) is 6.76. The Kier molecular flexibility index (Phi) is 4.72. The summed E-state index contributed by atoms with van der Waals surface area (Å²) in [6.07, 6.45) is 0.296. The van der Waals surface area contributed by atoms with Crippen LogP contribution in [-0.2, 0) is 11.2 Å². The molecule has 2 aromatic carbocycles. The van der Waals surface area contributed by atoms with E-state index in [1.807, 2.05) is 31.2 Å². The summed E-state index contributed by atoms with van der Waals surface area (Å²) in [4.78, 5) is 23.5. The van der Waals surface area contributed by atoms with Crippen LogP contribution in [0.4, 0.5) is 5.69 Å². The minimum atomic E-state index is -0.160. The first kappa shape index (κ1) is 14.8. The highest BCUT2D eigenvalue weighted by atomic mass is 16.2. The summed E-state index contributed by atoms with van der Waals surface area (Å²) in [6.45, 7) is 1.98. The van der Waals surface area contributed by atoms with Gasteiger partial charge in [0.2, 0.25) is 5.91 Å². The molecule has 2 aromatic rings. The monoisotopic (exact) mass is 282 g/mol. The molecule has 0 radical (unpaired) electrons. The lowest BCUT2D eigenvalue weighted by atomic mass is 10.1. The Morgan fingerprint density at radius 1 is 1.05 bits per heavy atom. The van der Waals surface area contributed by atoms with Crippen molar-refractivity contribution in [3.05, 3.63) is 65.2 Å². The normalized spacial score (nSPS) is 10.0. The van der Waals surface area contributed by atoms with Crippen molar-refractivity contribution in [3.63, 3.8) is 0 Å². The number of anilines is 1. The van der Waals surface area contributed by atoms with Crippen LogP contribution < -0.4 is 10.6 Å². The molecule has 108 valence electrons. The molecule has 0 aliphatic rings. The Balaban J connectivity index is 2.08. The van der Waals surface area contributed by atoms with Gasteiger partial charge in [-0.15, -0.1) is 0 Å². The van der Waals surface area contributed by atoms with Crippen LogP contribution in [0.5, 0.6) is 0 Å². The first-order valence-electron chi connectivity index (χ1n) is 6.76. The van der Waals surface area contributed by atoms with Crippen molar-refractivity contribution in [2.75, 3.05) is 12.4 Å². The van der Waals surface area contributed by atoms with Gasteiger partial charge in [0.15, 0.2) is 0 Å². The molecule has 0 unspecified atom stereocenters. The molecule has 0 saturated carbocycles. The van der Waals surface area contributed by atoms with Gasteiger partial charge in [0, 0.05) is 18.3 Å². The molecule has 0 atom stereocenters. The molecular weight excluding hydrogens is 264 g/mol. The molecule has 0 bridgehead atoms. The minimum Gasteiger partial charge on any atom is -0.359 e. The molecule has 0 spiro atoms. The lowest BCUT2D eigenvalue weighted by molar-refractivity contribution is -0.119. The SMILES string of the molecule is CNC(=O)Cc1cccc(NC(=O)c2ccc(C)cc2)c1. The highest BCUT2D eigenvalue weighted by molar-refractivity contribution is 6.04. The standard InChI is InChI=1S/C17H18N2O2/c1-12-6-8-14(9-7-12)17(21)19-15-5-3-4-13(10-15)11-16(20)18-2/h3-10H,11H2,1-2H3,(H,18,20)(H,19,21). The van der Waals surface area contributed by atoms with Crippen molar-refractivity contribution < 1.29 is 9.59 Å². The van der Waals surface area contributed by atoms with Gasteiger partial charge in [-0.3, -0.25) is 9.59 Å². The van der Waals surface area contributed by atoms with E-state index in [4.69, 9.17) is 0 Å². The first-order chi connectivity index (χ1) is 10.1. The Hall–Kier alpha value is -2.62. The van der Waals surface area contributed by atoms with Gasteiger partial charge in [0.05, 0.1) is 6.42 Å². The van der Waals surface area contributed by atoms with Crippen molar-refractivity contribution >= 4 is 17.5 Å². The van der Waals surface area contributed by atoms with E-state index in [1.54, 1.807) is 31.3 Å². The zero-order valence-electron chi connectivity index (χ0n) is 12.1. The van der Waals surface area contributed by atoms with Gasteiger partial charge in [-0.25, -0.2) is 0 Å². The number of hydrogen-bond donors (Lipinski definition) is 2. The quantitative estimate of drug-likeness (QED) is 0.905. The van der Waals surface area contributed by atoms with E-state index in [0.29, 0.717) is 17.7 Å².